The highest BCUT2D eigenvalue weighted by Gasteiger charge is 2.56. The van der Waals surface area contributed by atoms with Gasteiger partial charge in [0.15, 0.2) is 0 Å². The van der Waals surface area contributed by atoms with Crippen molar-refractivity contribution in [2.45, 2.75) is 29.7 Å². The van der Waals surface area contributed by atoms with Crippen LogP contribution in [-0.4, -0.2) is 27.0 Å². The van der Waals surface area contributed by atoms with Crippen molar-refractivity contribution in [3.63, 3.8) is 0 Å². The molecule has 11 heteroatoms. The van der Waals surface area contributed by atoms with E-state index in [0.717, 1.165) is 32.9 Å². The third kappa shape index (κ3) is 4.53. The predicted octanol–water partition coefficient (Wildman–Crippen LogP) is 5.03. The van der Waals surface area contributed by atoms with Gasteiger partial charge in [0.25, 0.3) is 5.69 Å². The number of non-ortho nitro benzene ring substituents is 1. The Bertz CT molecular complexity index is 1660. The quantitative estimate of drug-likeness (QED) is 0.200. The molecule has 196 valence electrons. The summed E-state index contributed by atoms with van der Waals surface area (Å²) in [6.07, 6.45) is 0. The number of ether oxygens (including phenoxy) is 1. The largest absolute Gasteiger partial charge is 0.489 e. The summed E-state index contributed by atoms with van der Waals surface area (Å²) in [6, 6.07) is 20.8. The van der Waals surface area contributed by atoms with Crippen LogP contribution in [0.3, 0.4) is 0 Å². The number of H-pyrrole nitrogens is 1. The number of aromatic amines is 1. The van der Waals surface area contributed by atoms with E-state index >= 15 is 0 Å². The van der Waals surface area contributed by atoms with E-state index in [2.05, 4.69) is 11.1 Å². The molecule has 2 aliphatic heterocycles. The summed E-state index contributed by atoms with van der Waals surface area (Å²) >= 11 is 2.23. The van der Waals surface area contributed by atoms with Crippen molar-refractivity contribution in [1.82, 2.24) is 4.98 Å². The Kier molecular flexibility index (Phi) is 6.32. The molecule has 2 amide bonds. The van der Waals surface area contributed by atoms with Crippen LogP contribution in [-0.2, 0) is 16.2 Å². The molecule has 1 saturated heterocycles. The molecule has 0 saturated carbocycles. The molecule has 3 heterocycles. The van der Waals surface area contributed by atoms with Gasteiger partial charge in [-0.25, -0.2) is 4.90 Å². The Morgan fingerprint density at radius 1 is 1.00 bits per heavy atom. The molecule has 1 N–H and O–H groups in total. The van der Waals surface area contributed by atoms with E-state index in [1.54, 1.807) is 0 Å². The maximum Gasteiger partial charge on any atom is 0.305 e. The minimum absolute atomic E-state index is 0.132. The van der Waals surface area contributed by atoms with E-state index in [1.165, 1.54) is 36.0 Å². The summed E-state index contributed by atoms with van der Waals surface area (Å²) in [4.78, 5) is 54.5. The summed E-state index contributed by atoms with van der Waals surface area (Å²) in [5.74, 6) is -1.41. The number of thioether (sulfide) groups is 1. The summed E-state index contributed by atoms with van der Waals surface area (Å²) in [6.45, 7) is 2.43. The summed E-state index contributed by atoms with van der Waals surface area (Å²) in [5.41, 5.74) is 3.13. The number of aryl methyl sites for hydroxylation is 1. The van der Waals surface area contributed by atoms with Crippen LogP contribution >= 0.6 is 23.1 Å². The van der Waals surface area contributed by atoms with Gasteiger partial charge in [0.2, 0.25) is 11.8 Å². The number of nitrogens with one attached hydrogen (secondary N) is 1. The number of hydrogen-bond donors (Lipinski definition) is 1. The minimum atomic E-state index is -0.743. The van der Waals surface area contributed by atoms with Crippen molar-refractivity contribution in [3.8, 4) is 5.75 Å². The van der Waals surface area contributed by atoms with E-state index < -0.39 is 33.8 Å². The minimum Gasteiger partial charge on any atom is -0.489 e. The van der Waals surface area contributed by atoms with Crippen molar-refractivity contribution < 1.29 is 19.2 Å². The van der Waals surface area contributed by atoms with Crippen LogP contribution in [0.2, 0.25) is 0 Å². The third-order valence-corrected chi connectivity index (χ3v) is 9.27. The fourth-order valence-electron chi connectivity index (χ4n) is 5.09. The first kappa shape index (κ1) is 25.1. The number of carbonyl (C=O) groups is 2. The van der Waals surface area contributed by atoms with Crippen LogP contribution in [0.15, 0.2) is 82.6 Å². The van der Waals surface area contributed by atoms with Crippen LogP contribution < -0.4 is 14.5 Å². The van der Waals surface area contributed by atoms with E-state index in [9.17, 15) is 24.5 Å². The fraction of sp³-hybridized carbons (Fsp3) is 0.179. The lowest BCUT2D eigenvalue weighted by Crippen LogP contribution is -2.32. The van der Waals surface area contributed by atoms with Crippen LogP contribution in [0, 0.1) is 23.0 Å². The maximum atomic E-state index is 13.8. The van der Waals surface area contributed by atoms with Gasteiger partial charge in [-0.1, -0.05) is 65.1 Å². The average Bonchev–Trinajstić information content (AvgIpc) is 3.42. The first-order valence-corrected chi connectivity index (χ1v) is 13.8. The number of nitro benzene ring substituents is 1. The van der Waals surface area contributed by atoms with Crippen LogP contribution in [0.1, 0.15) is 27.5 Å². The van der Waals surface area contributed by atoms with Gasteiger partial charge in [-0.2, -0.15) is 0 Å². The third-order valence-electron chi connectivity index (χ3n) is 6.87. The normalized spacial score (nSPS) is 20.0. The molecule has 1 aromatic heterocycles. The van der Waals surface area contributed by atoms with Gasteiger partial charge in [-0.05, 0) is 42.3 Å². The Balaban J connectivity index is 1.31. The Morgan fingerprint density at radius 2 is 1.74 bits per heavy atom. The van der Waals surface area contributed by atoms with Gasteiger partial charge in [-0.15, -0.1) is 0 Å². The number of nitro groups is 1. The van der Waals surface area contributed by atoms with Gasteiger partial charge in [0, 0.05) is 22.9 Å². The lowest BCUT2D eigenvalue weighted by atomic mass is 9.83. The first-order valence-electron chi connectivity index (χ1n) is 12.1. The molecule has 6 rings (SSSR count). The Labute approximate surface area is 230 Å². The Hall–Kier alpha value is -4.22. The van der Waals surface area contributed by atoms with Gasteiger partial charge in [0.1, 0.15) is 17.6 Å². The molecule has 0 aliphatic carbocycles. The van der Waals surface area contributed by atoms with E-state index in [0.29, 0.717) is 22.3 Å². The number of thiazole rings is 1. The number of anilines is 1. The molecule has 0 radical (unpaired) electrons. The number of hydrogen-bond acceptors (Lipinski definition) is 8. The van der Waals surface area contributed by atoms with Crippen molar-refractivity contribution in [1.29, 1.82) is 0 Å². The zero-order valence-corrected chi connectivity index (χ0v) is 22.2. The standard InChI is InChI=1S/C28H21N3O6S2/c1-15-3-2-4-16(13-15)14-37-20-11-5-17(6-12-20)21-22-24(38-25-23(21)39-28(34)29-25)27(33)30(26(22)32)18-7-9-19(10-8-18)31(35)36/h2-13,21-22,24H,14H2,1H3,(H,29,34)/t21-,22-,24+/m0/s1. The molecule has 0 unspecified atom stereocenters. The molecule has 3 atom stereocenters. The highest BCUT2D eigenvalue weighted by molar-refractivity contribution is 8.00. The van der Waals surface area contributed by atoms with Crippen LogP contribution in [0.25, 0.3) is 0 Å². The molecule has 1 fully saturated rings. The van der Waals surface area contributed by atoms with Crippen LogP contribution in [0.4, 0.5) is 11.4 Å². The van der Waals surface area contributed by atoms with E-state index in [-0.39, 0.29) is 16.2 Å². The second-order valence-corrected chi connectivity index (χ2v) is 11.5. The summed E-state index contributed by atoms with van der Waals surface area (Å²) in [5, 5.41) is 10.9. The lowest BCUT2D eigenvalue weighted by molar-refractivity contribution is -0.384. The zero-order valence-electron chi connectivity index (χ0n) is 20.5. The average molecular weight is 560 g/mol. The molecule has 9 nitrogen and oxygen atoms in total. The number of aromatic nitrogens is 1. The molecule has 3 aromatic carbocycles. The number of nitrogens with zero attached hydrogens (tertiary/aromatic N) is 2. The van der Waals surface area contributed by atoms with Crippen LogP contribution in [0.5, 0.6) is 5.75 Å². The van der Waals surface area contributed by atoms with Crippen molar-refractivity contribution in [3.05, 3.63) is 114 Å². The highest BCUT2D eigenvalue weighted by Crippen LogP contribution is 2.53. The van der Waals surface area contributed by atoms with E-state index in [4.69, 9.17) is 4.74 Å². The lowest BCUT2D eigenvalue weighted by Gasteiger charge is -2.29. The number of rotatable bonds is 6. The molecule has 4 aromatic rings. The molecule has 39 heavy (non-hydrogen) atoms. The Morgan fingerprint density at radius 3 is 2.44 bits per heavy atom. The molecule has 0 bridgehead atoms. The van der Waals surface area contributed by atoms with E-state index in [1.807, 2.05) is 49.4 Å². The monoisotopic (exact) mass is 559 g/mol. The zero-order chi connectivity index (χ0) is 27.3. The van der Waals surface area contributed by atoms with Crippen molar-refractivity contribution >= 4 is 46.3 Å². The topological polar surface area (TPSA) is 123 Å². The van der Waals surface area contributed by atoms with Gasteiger partial charge in [-0.3, -0.25) is 24.5 Å². The number of imide groups is 1. The second-order valence-electron chi connectivity index (χ2n) is 9.38. The maximum absolute atomic E-state index is 13.8. The predicted molar refractivity (Wildman–Crippen MR) is 147 cm³/mol. The first-order chi connectivity index (χ1) is 18.8. The smallest absolute Gasteiger partial charge is 0.305 e. The SMILES string of the molecule is Cc1cccc(COc2ccc([C@@H]3c4sc(=O)[nH]c4S[C@H]4C(=O)N(c5ccc([N+](=O)[O-])cc5)C(=O)[C@@H]34)cc2)c1. The molecular formula is C28H21N3O6S2. The van der Waals surface area contributed by atoms with Gasteiger partial charge >= 0.3 is 4.87 Å². The molecule has 0 spiro atoms. The second kappa shape index (κ2) is 9.83. The number of amides is 2. The number of fused-ring (bicyclic) bond motifs is 2. The van der Waals surface area contributed by atoms with Crippen molar-refractivity contribution in [2.24, 2.45) is 5.92 Å². The van der Waals surface area contributed by atoms with Gasteiger partial charge < -0.3 is 9.72 Å². The number of carbonyl (C=O) groups excluding carboxylic acids is 2. The highest BCUT2D eigenvalue weighted by atomic mass is 32.2. The molecular weight excluding hydrogens is 538 g/mol. The van der Waals surface area contributed by atoms with Gasteiger partial charge in [0.05, 0.1) is 21.6 Å². The number of benzene rings is 3. The molecule has 2 aliphatic rings. The summed E-state index contributed by atoms with van der Waals surface area (Å²) in [7, 11) is 0. The fourth-order valence-corrected chi connectivity index (χ4v) is 7.61. The summed E-state index contributed by atoms with van der Waals surface area (Å²) < 4.78 is 5.95. The van der Waals surface area contributed by atoms with Crippen molar-refractivity contribution in [2.75, 3.05) is 4.90 Å².